The van der Waals surface area contributed by atoms with Gasteiger partial charge in [0, 0.05) is 19.4 Å². The first-order chi connectivity index (χ1) is 22.3. The molecule has 9 heteroatoms. The molecule has 0 rings (SSSR count). The van der Waals surface area contributed by atoms with Crippen molar-refractivity contribution >= 4 is 22.0 Å². The van der Waals surface area contributed by atoms with E-state index in [4.69, 9.17) is 10.3 Å². The topological polar surface area (TPSA) is 144 Å². The highest BCUT2D eigenvalue weighted by Gasteiger charge is 2.52. The number of rotatable bonds is 33. The van der Waals surface area contributed by atoms with Crippen LogP contribution in [0.3, 0.4) is 0 Å². The molecule has 1 unspecified atom stereocenters. The molecule has 0 aliphatic heterocycles. The van der Waals surface area contributed by atoms with Crippen LogP contribution in [0.2, 0.25) is 0 Å². The van der Waals surface area contributed by atoms with Crippen LogP contribution in [0.4, 0.5) is 0 Å². The summed E-state index contributed by atoms with van der Waals surface area (Å²) in [7, 11) is -3.29. The molecule has 0 amide bonds. The number of carbonyl (C=O) groups excluding carboxylic acids is 2. The Kier molecular flexibility index (Phi) is 32.0. The summed E-state index contributed by atoms with van der Waals surface area (Å²) in [5.41, 5.74) is 2.95. The van der Waals surface area contributed by atoms with E-state index in [1.807, 2.05) is 0 Å². The molecule has 0 fully saturated rings. The van der Waals surface area contributed by atoms with Crippen LogP contribution in [0.15, 0.2) is 0 Å². The fourth-order valence-corrected chi connectivity index (χ4v) is 6.07. The average molecular weight is 692 g/mol. The molecule has 0 spiro atoms. The zero-order valence-electron chi connectivity index (χ0n) is 31.4. The van der Waals surface area contributed by atoms with E-state index < -0.39 is 21.4 Å². The maximum Gasteiger partial charge on any atom is 0.397 e. The zero-order valence-corrected chi connectivity index (χ0v) is 32.2. The van der Waals surface area contributed by atoms with Gasteiger partial charge in [0.2, 0.25) is 0 Å². The quantitative estimate of drug-likeness (QED) is 0.0350. The van der Waals surface area contributed by atoms with E-state index in [0.29, 0.717) is 12.8 Å². The third kappa shape index (κ3) is 26.6. The fraction of sp³-hybridized carbons (Fsp3) is 0.947. The van der Waals surface area contributed by atoms with Crippen LogP contribution < -0.4 is 5.73 Å². The summed E-state index contributed by atoms with van der Waals surface area (Å²) >= 11 is 0. The Morgan fingerprint density at radius 3 is 0.957 bits per heavy atom. The van der Waals surface area contributed by atoms with E-state index in [1.165, 1.54) is 128 Å². The fourth-order valence-electron chi connectivity index (χ4n) is 6.07. The van der Waals surface area contributed by atoms with Crippen LogP contribution in [0.25, 0.3) is 0 Å². The van der Waals surface area contributed by atoms with Crippen LogP contribution in [-0.4, -0.2) is 48.9 Å². The van der Waals surface area contributed by atoms with Crippen LogP contribution in [0.1, 0.15) is 207 Å². The van der Waals surface area contributed by atoms with Crippen molar-refractivity contribution in [2.75, 3.05) is 13.7 Å². The Morgan fingerprint density at radius 2 is 0.766 bits per heavy atom. The second kappa shape index (κ2) is 31.1. The minimum atomic E-state index is -4.16. The van der Waals surface area contributed by atoms with Crippen molar-refractivity contribution in [3.63, 3.8) is 0 Å². The van der Waals surface area contributed by atoms with Gasteiger partial charge in [0.1, 0.15) is 17.0 Å². The SMILES string of the molecule is CCCCCCCCCCCCCCCC(=O)C(C)(C(=O)CCCCCCCCCCCCCCC)C(C)(O)CN.COS(=O)(=O)O. The minimum Gasteiger partial charge on any atom is -0.387 e. The van der Waals surface area contributed by atoms with E-state index in [0.717, 1.165) is 45.6 Å². The van der Waals surface area contributed by atoms with E-state index in [-0.39, 0.29) is 18.1 Å². The Labute approximate surface area is 291 Å². The maximum atomic E-state index is 13.3. The van der Waals surface area contributed by atoms with Gasteiger partial charge in [-0.2, -0.15) is 8.42 Å². The van der Waals surface area contributed by atoms with Gasteiger partial charge in [-0.05, 0) is 26.7 Å². The summed E-state index contributed by atoms with van der Waals surface area (Å²) < 4.78 is 29.7. The minimum absolute atomic E-state index is 0.0851. The van der Waals surface area contributed by atoms with Gasteiger partial charge in [-0.1, -0.05) is 168 Å². The van der Waals surface area contributed by atoms with Gasteiger partial charge in [-0.15, -0.1) is 0 Å². The van der Waals surface area contributed by atoms with Crippen LogP contribution in [0.5, 0.6) is 0 Å². The van der Waals surface area contributed by atoms with Crippen molar-refractivity contribution in [2.45, 2.75) is 213 Å². The first-order valence-electron chi connectivity index (χ1n) is 19.4. The molecule has 0 aromatic carbocycles. The number of aliphatic hydroxyl groups is 1. The number of unbranched alkanes of at least 4 members (excludes halogenated alkanes) is 24. The molecule has 0 radical (unpaired) electrons. The Balaban J connectivity index is 0. The number of hydrogen-bond acceptors (Lipinski definition) is 7. The molecule has 0 saturated carbocycles. The largest absolute Gasteiger partial charge is 0.397 e. The molecule has 4 N–H and O–H groups in total. The molecular formula is C38H77NO7S. The van der Waals surface area contributed by atoms with Crippen molar-refractivity contribution in [1.82, 2.24) is 0 Å². The Morgan fingerprint density at radius 1 is 0.553 bits per heavy atom. The molecule has 0 heterocycles. The maximum absolute atomic E-state index is 13.3. The van der Waals surface area contributed by atoms with Gasteiger partial charge < -0.3 is 10.8 Å². The number of carbonyl (C=O) groups is 2. The lowest BCUT2D eigenvalue weighted by Gasteiger charge is -2.39. The van der Waals surface area contributed by atoms with Gasteiger partial charge in [0.25, 0.3) is 0 Å². The summed E-state index contributed by atoms with van der Waals surface area (Å²) in [6.07, 6.45) is 33.3. The summed E-state index contributed by atoms with van der Waals surface area (Å²) in [6, 6.07) is 0. The summed E-state index contributed by atoms with van der Waals surface area (Å²) in [4.78, 5) is 26.6. The number of Topliss-reactive ketones (excluding diaryl/α,β-unsaturated/α-hetero) is 2. The van der Waals surface area contributed by atoms with Crippen molar-refractivity contribution in [1.29, 1.82) is 0 Å². The number of hydrogen-bond donors (Lipinski definition) is 3. The molecule has 8 nitrogen and oxygen atoms in total. The molecular weight excluding hydrogens is 614 g/mol. The molecule has 0 aliphatic rings. The molecule has 0 aliphatic carbocycles. The molecule has 0 bridgehead atoms. The van der Waals surface area contributed by atoms with E-state index in [1.54, 1.807) is 13.8 Å². The normalized spacial score (nSPS) is 13.2. The van der Waals surface area contributed by atoms with Crippen molar-refractivity contribution in [3.05, 3.63) is 0 Å². The number of nitrogens with two attached hydrogens (primary N) is 1. The van der Waals surface area contributed by atoms with E-state index in [2.05, 4.69) is 18.0 Å². The van der Waals surface area contributed by atoms with Gasteiger partial charge in [0.15, 0.2) is 0 Å². The van der Waals surface area contributed by atoms with Crippen LogP contribution in [0, 0.1) is 5.41 Å². The average Bonchev–Trinajstić information content (AvgIpc) is 3.04. The lowest BCUT2D eigenvalue weighted by molar-refractivity contribution is -0.156. The predicted molar refractivity (Wildman–Crippen MR) is 197 cm³/mol. The highest BCUT2D eigenvalue weighted by atomic mass is 32.3. The first kappa shape index (κ1) is 48.2. The molecule has 0 aromatic rings. The molecule has 0 saturated heterocycles. The third-order valence-corrected chi connectivity index (χ3v) is 10.2. The molecule has 282 valence electrons. The molecule has 1 atom stereocenters. The van der Waals surface area contributed by atoms with Crippen molar-refractivity contribution in [2.24, 2.45) is 11.1 Å². The number of ketones is 2. The van der Waals surface area contributed by atoms with Crippen LogP contribution in [-0.2, 0) is 24.2 Å². The highest BCUT2D eigenvalue weighted by Crippen LogP contribution is 2.36. The Hall–Kier alpha value is -0.870. The third-order valence-electron chi connectivity index (χ3n) is 9.82. The standard InChI is InChI=1S/C37H73NO3.CH4O4S/c1-5-7-9-11-13-15-17-19-21-23-25-27-29-31-34(39)37(4,36(3,41)33-38)35(40)32-30-28-26-24-22-20-18-16-14-12-10-8-6-2;1-5-6(2,3)4/h41H,5-33,38H2,1-4H3;1H3,(H,2,3,4). The van der Waals surface area contributed by atoms with E-state index in [9.17, 15) is 23.1 Å². The molecule has 0 aromatic heterocycles. The summed E-state index contributed by atoms with van der Waals surface area (Å²) in [5.74, 6) is -0.258. The summed E-state index contributed by atoms with van der Waals surface area (Å²) in [5, 5.41) is 11.0. The highest BCUT2D eigenvalue weighted by molar-refractivity contribution is 7.80. The van der Waals surface area contributed by atoms with E-state index >= 15 is 0 Å². The van der Waals surface area contributed by atoms with Gasteiger partial charge >= 0.3 is 10.4 Å². The second-order valence-corrected chi connectivity index (χ2v) is 15.2. The van der Waals surface area contributed by atoms with Crippen LogP contribution >= 0.6 is 0 Å². The monoisotopic (exact) mass is 692 g/mol. The van der Waals surface area contributed by atoms with Gasteiger partial charge in [0.05, 0.1) is 12.7 Å². The first-order valence-corrected chi connectivity index (χ1v) is 20.7. The lowest BCUT2D eigenvalue weighted by Crippen LogP contribution is -2.58. The Bertz CT molecular complexity index is 803. The predicted octanol–water partition coefficient (Wildman–Crippen LogP) is 10.2. The van der Waals surface area contributed by atoms with Gasteiger partial charge in [-0.25, -0.2) is 0 Å². The second-order valence-electron chi connectivity index (χ2n) is 14.0. The van der Waals surface area contributed by atoms with Gasteiger partial charge in [-0.3, -0.25) is 18.3 Å². The lowest BCUT2D eigenvalue weighted by atomic mass is 9.66. The zero-order chi connectivity index (χ0) is 35.9. The van der Waals surface area contributed by atoms with Crippen molar-refractivity contribution < 1.29 is 31.8 Å². The molecule has 47 heavy (non-hydrogen) atoms. The van der Waals surface area contributed by atoms with Crippen molar-refractivity contribution in [3.8, 4) is 0 Å². The summed E-state index contributed by atoms with van der Waals surface area (Å²) in [6.45, 7) is 7.66. The smallest absolute Gasteiger partial charge is 0.387 e.